The molecule has 0 aliphatic carbocycles. The summed E-state index contributed by atoms with van der Waals surface area (Å²) in [5, 5.41) is 48.5. The number of hydrogen-bond acceptors (Lipinski definition) is 8. The molecule has 0 aromatic heterocycles. The van der Waals surface area contributed by atoms with E-state index in [9.17, 15) is 20.1 Å². The molecule has 1 fully saturated rings. The minimum Gasteiger partial charge on any atom is -0.394 e. The predicted molar refractivity (Wildman–Crippen MR) is 86.3 cm³/mol. The average Bonchev–Trinajstić information content (AvgIpc) is 3.04. The summed E-state index contributed by atoms with van der Waals surface area (Å²) < 4.78 is 6.80. The molecule has 3 aliphatic heterocycles. The van der Waals surface area contributed by atoms with Gasteiger partial charge in [0.15, 0.2) is 0 Å². The van der Waals surface area contributed by atoms with Crippen LogP contribution in [0.3, 0.4) is 0 Å². The Morgan fingerprint density at radius 2 is 2.27 bits per heavy atom. The van der Waals surface area contributed by atoms with Crippen molar-refractivity contribution in [3.63, 3.8) is 0 Å². The maximum Gasteiger partial charge on any atom is 0.415 e. The van der Waals surface area contributed by atoms with Gasteiger partial charge in [-0.3, -0.25) is 15.5 Å². The molecule has 0 radical (unpaired) electrons. The van der Waals surface area contributed by atoms with E-state index in [2.05, 4.69) is 21.9 Å². The minimum atomic E-state index is -1.48. The second-order valence-corrected chi connectivity index (χ2v) is 5.60. The number of guanidine groups is 2. The first-order chi connectivity index (χ1) is 12.4. The Balaban J connectivity index is 2.15. The van der Waals surface area contributed by atoms with Crippen LogP contribution in [0.2, 0.25) is 0 Å². The highest BCUT2D eigenvalue weighted by Crippen LogP contribution is 2.28. The SMILES string of the molecule is C=CC[N+]1=C2C(=O)NC(=N)N=C2N([C@@H]2O[C@H](CO)[C@@H](O)[C@H]2O)C1=NC#N. The van der Waals surface area contributed by atoms with Crippen molar-refractivity contribution in [1.82, 2.24) is 10.2 Å². The molecular weight excluding hydrogens is 346 g/mol. The number of aliphatic hydroxyl groups is 3. The van der Waals surface area contributed by atoms with Gasteiger partial charge in [0.05, 0.1) is 13.2 Å². The molecule has 1 saturated heterocycles. The zero-order chi connectivity index (χ0) is 19.0. The topological polar surface area (TPSA) is 178 Å². The largest absolute Gasteiger partial charge is 0.415 e. The van der Waals surface area contributed by atoms with Crippen molar-refractivity contribution in [2.45, 2.75) is 24.5 Å². The molecule has 12 heteroatoms. The molecule has 0 aromatic carbocycles. The highest BCUT2D eigenvalue weighted by atomic mass is 16.6. The predicted octanol–water partition coefficient (Wildman–Crippen LogP) is -3.32. The van der Waals surface area contributed by atoms with Gasteiger partial charge in [0.1, 0.15) is 18.3 Å². The summed E-state index contributed by atoms with van der Waals surface area (Å²) in [6.45, 7) is 3.12. The number of nitrogens with one attached hydrogen (secondary N) is 2. The second kappa shape index (κ2) is 6.73. The van der Waals surface area contributed by atoms with E-state index >= 15 is 0 Å². The standard InChI is InChI=1S/C14H15N7O5/c1-2-3-20-7-10(18-13(16)19-11(7)25)21(14(20)17-5-15)12-9(24)8(23)6(4-22)26-12/h2,6,8-9,12,22-24H,1,3-4H2,(H-,16,19,25)/p+1/t6-,8-,9-,12-/m1/s1. The number of nitrogens with zero attached hydrogens (tertiary/aromatic N) is 5. The molecular formula is C14H16N7O5+. The molecule has 3 aliphatic rings. The lowest BCUT2D eigenvalue weighted by atomic mass is 10.1. The van der Waals surface area contributed by atoms with Gasteiger partial charge in [-0.2, -0.15) is 15.2 Å². The number of aliphatic hydroxyl groups excluding tert-OH is 3. The van der Waals surface area contributed by atoms with E-state index in [1.165, 1.54) is 10.7 Å². The molecule has 1 amide bonds. The van der Waals surface area contributed by atoms with Gasteiger partial charge in [0.25, 0.3) is 12.1 Å². The smallest absolute Gasteiger partial charge is 0.394 e. The van der Waals surface area contributed by atoms with Crippen LogP contribution in [0, 0.1) is 16.9 Å². The first-order valence-electron chi connectivity index (χ1n) is 7.57. The van der Waals surface area contributed by atoms with Gasteiger partial charge in [-0.1, -0.05) is 12.7 Å². The average molecular weight is 362 g/mol. The van der Waals surface area contributed by atoms with Crippen LogP contribution in [-0.4, -0.2) is 91.9 Å². The Labute approximate surface area is 147 Å². The number of amides is 1. The molecule has 0 spiro atoms. The van der Waals surface area contributed by atoms with Gasteiger partial charge in [0.2, 0.25) is 23.7 Å². The number of ether oxygens (including phenoxy) is 1. The van der Waals surface area contributed by atoms with Crippen molar-refractivity contribution in [3.05, 3.63) is 12.7 Å². The number of hydrogen-bond donors (Lipinski definition) is 5. The first-order valence-corrected chi connectivity index (χ1v) is 7.57. The zero-order valence-electron chi connectivity index (χ0n) is 13.4. The van der Waals surface area contributed by atoms with Crippen molar-refractivity contribution >= 4 is 29.4 Å². The van der Waals surface area contributed by atoms with Crippen molar-refractivity contribution < 1.29 is 29.4 Å². The van der Waals surface area contributed by atoms with E-state index in [1.54, 1.807) is 6.19 Å². The highest BCUT2D eigenvalue weighted by Gasteiger charge is 2.57. The maximum atomic E-state index is 12.3. The Morgan fingerprint density at radius 3 is 2.85 bits per heavy atom. The van der Waals surface area contributed by atoms with Gasteiger partial charge < -0.3 is 20.1 Å². The van der Waals surface area contributed by atoms with E-state index in [4.69, 9.17) is 15.4 Å². The number of carbonyl (C=O) groups excluding carboxylic acids is 1. The molecule has 0 bridgehead atoms. The van der Waals surface area contributed by atoms with Gasteiger partial charge in [-0.25, -0.2) is 4.58 Å². The highest BCUT2D eigenvalue weighted by molar-refractivity contribution is 6.70. The molecule has 136 valence electrons. The Hall–Kier alpha value is -2.98. The summed E-state index contributed by atoms with van der Waals surface area (Å²) >= 11 is 0. The van der Waals surface area contributed by atoms with Crippen LogP contribution in [0.5, 0.6) is 0 Å². The maximum absolute atomic E-state index is 12.3. The van der Waals surface area contributed by atoms with Gasteiger partial charge in [0, 0.05) is 4.99 Å². The van der Waals surface area contributed by atoms with E-state index in [0.717, 1.165) is 4.90 Å². The number of fused-ring (bicyclic) bond motifs is 1. The fraction of sp³-hybridized carbons (Fsp3) is 0.429. The second-order valence-electron chi connectivity index (χ2n) is 5.60. The Kier molecular flexibility index (Phi) is 4.62. The summed E-state index contributed by atoms with van der Waals surface area (Å²) in [6.07, 6.45) is -2.17. The molecule has 4 atom stereocenters. The Morgan fingerprint density at radius 1 is 1.54 bits per heavy atom. The van der Waals surface area contributed by atoms with Crippen molar-refractivity contribution in [2.75, 3.05) is 13.2 Å². The molecule has 26 heavy (non-hydrogen) atoms. The van der Waals surface area contributed by atoms with Crippen LogP contribution >= 0.6 is 0 Å². The summed E-state index contributed by atoms with van der Waals surface area (Å²) in [4.78, 5) is 21.1. The summed E-state index contributed by atoms with van der Waals surface area (Å²) in [6, 6.07) is 0. The molecule has 0 unspecified atom stereocenters. The van der Waals surface area contributed by atoms with Crippen LogP contribution in [0.1, 0.15) is 0 Å². The van der Waals surface area contributed by atoms with Gasteiger partial charge >= 0.3 is 5.96 Å². The van der Waals surface area contributed by atoms with E-state index in [0.29, 0.717) is 0 Å². The van der Waals surface area contributed by atoms with Gasteiger partial charge in [-0.05, 0) is 0 Å². The number of aliphatic imine (C=N–C) groups is 2. The quantitative estimate of drug-likeness (QED) is 0.197. The van der Waals surface area contributed by atoms with Crippen LogP contribution in [0.25, 0.3) is 0 Å². The third-order valence-electron chi connectivity index (χ3n) is 4.06. The van der Waals surface area contributed by atoms with Crippen LogP contribution in [0.4, 0.5) is 0 Å². The fourth-order valence-electron chi connectivity index (χ4n) is 2.98. The Bertz CT molecular complexity index is 811. The van der Waals surface area contributed by atoms with E-state index in [-0.39, 0.29) is 24.1 Å². The van der Waals surface area contributed by atoms with Crippen LogP contribution in [0.15, 0.2) is 22.6 Å². The number of carbonyl (C=O) groups is 1. The van der Waals surface area contributed by atoms with Crippen molar-refractivity contribution in [1.29, 1.82) is 10.7 Å². The zero-order valence-corrected chi connectivity index (χ0v) is 13.4. The lowest BCUT2D eigenvalue weighted by Gasteiger charge is -2.22. The lowest BCUT2D eigenvalue weighted by Crippen LogP contribution is -2.53. The molecule has 5 N–H and O–H groups in total. The van der Waals surface area contributed by atoms with Gasteiger partial charge in [-0.15, -0.1) is 0 Å². The van der Waals surface area contributed by atoms with Crippen molar-refractivity contribution in [2.24, 2.45) is 9.98 Å². The normalized spacial score (nSPS) is 32.5. The summed E-state index contributed by atoms with van der Waals surface area (Å²) in [5.74, 6) is -1.24. The minimum absolute atomic E-state index is 0.00682. The first kappa shape index (κ1) is 17.8. The van der Waals surface area contributed by atoms with E-state index < -0.39 is 43.0 Å². The third-order valence-corrected chi connectivity index (χ3v) is 4.06. The van der Waals surface area contributed by atoms with E-state index in [1.807, 2.05) is 0 Å². The third kappa shape index (κ3) is 2.59. The number of rotatable bonds is 4. The summed E-state index contributed by atoms with van der Waals surface area (Å²) in [7, 11) is 0. The molecule has 12 nitrogen and oxygen atoms in total. The van der Waals surface area contributed by atoms with Crippen LogP contribution in [-0.2, 0) is 9.53 Å². The van der Waals surface area contributed by atoms with Crippen LogP contribution < -0.4 is 5.32 Å². The number of amidine groups is 1. The molecule has 3 rings (SSSR count). The monoisotopic (exact) mass is 362 g/mol. The molecule has 0 aromatic rings. The lowest BCUT2D eigenvalue weighted by molar-refractivity contribution is -0.399. The van der Waals surface area contributed by atoms with Crippen molar-refractivity contribution in [3.8, 4) is 6.19 Å². The molecule has 3 heterocycles. The summed E-state index contributed by atoms with van der Waals surface area (Å²) in [5.41, 5.74) is -0.00682. The fourth-order valence-corrected chi connectivity index (χ4v) is 2.98. The number of nitriles is 1. The molecule has 0 saturated carbocycles.